The molecule has 0 atom stereocenters. The molecule has 0 aliphatic heterocycles. The van der Waals surface area contributed by atoms with Crippen molar-refractivity contribution in [2.75, 3.05) is 0 Å². The normalized spacial score (nSPS) is 11.6. The topological polar surface area (TPSA) is 78.0 Å². The molecule has 3 aromatic rings. The molecular formula is C15H11BrFN3O2S. The van der Waals surface area contributed by atoms with Crippen LogP contribution in [-0.2, 0) is 10.0 Å². The number of hydrogen-bond donors (Lipinski definition) is 1. The summed E-state index contributed by atoms with van der Waals surface area (Å²) in [5.74, 6) is -0.326. The van der Waals surface area contributed by atoms with Crippen LogP contribution in [0.4, 0.5) is 4.39 Å². The minimum absolute atomic E-state index is 0.0239. The van der Waals surface area contributed by atoms with Crippen molar-refractivity contribution in [3.05, 3.63) is 65.0 Å². The second-order valence-electron chi connectivity index (χ2n) is 4.80. The van der Waals surface area contributed by atoms with Gasteiger partial charge in [-0.15, -0.1) is 0 Å². The van der Waals surface area contributed by atoms with Gasteiger partial charge in [0.15, 0.2) is 0 Å². The summed E-state index contributed by atoms with van der Waals surface area (Å²) >= 11 is 3.42. The molecule has 2 N–H and O–H groups in total. The number of sulfonamides is 1. The second-order valence-corrected chi connectivity index (χ2v) is 7.21. The Hall–Kier alpha value is -2.03. The number of nitrogens with zero attached hydrogens (tertiary/aromatic N) is 2. The lowest BCUT2D eigenvalue weighted by Crippen LogP contribution is -2.12. The summed E-state index contributed by atoms with van der Waals surface area (Å²) in [5.41, 5.74) is 2.15. The van der Waals surface area contributed by atoms with Gasteiger partial charge in [0.05, 0.1) is 26.9 Å². The van der Waals surface area contributed by atoms with E-state index in [0.717, 1.165) is 15.7 Å². The molecule has 5 nitrogen and oxygen atoms in total. The van der Waals surface area contributed by atoms with E-state index < -0.39 is 10.0 Å². The van der Waals surface area contributed by atoms with E-state index in [0.29, 0.717) is 5.69 Å². The molecule has 0 fully saturated rings. The van der Waals surface area contributed by atoms with Crippen LogP contribution in [0, 0.1) is 5.82 Å². The molecule has 0 radical (unpaired) electrons. The first-order valence-corrected chi connectivity index (χ1v) is 8.83. The van der Waals surface area contributed by atoms with Crippen LogP contribution in [0.2, 0.25) is 0 Å². The molecule has 0 aliphatic rings. The Morgan fingerprint density at radius 2 is 1.65 bits per heavy atom. The Labute approximate surface area is 140 Å². The molecular weight excluding hydrogens is 385 g/mol. The van der Waals surface area contributed by atoms with Gasteiger partial charge in [-0.2, -0.15) is 5.10 Å². The smallest absolute Gasteiger partial charge is 0.232 e. The maximum atomic E-state index is 13.1. The molecule has 118 valence electrons. The molecule has 0 bridgehead atoms. The third-order valence-electron chi connectivity index (χ3n) is 3.25. The number of aromatic nitrogens is 2. The molecule has 2 aromatic carbocycles. The molecule has 0 spiro atoms. The van der Waals surface area contributed by atoms with Crippen molar-refractivity contribution in [1.82, 2.24) is 9.78 Å². The summed E-state index contributed by atoms with van der Waals surface area (Å²) in [5, 5.41) is 9.36. The second kappa shape index (κ2) is 5.88. The SMILES string of the molecule is NS(=O)(=O)c1ccc(-n2ncc(Br)c2-c2ccc(F)cc2)cc1. The molecule has 0 saturated carbocycles. The summed E-state index contributed by atoms with van der Waals surface area (Å²) in [6.07, 6.45) is 1.62. The highest BCUT2D eigenvalue weighted by Gasteiger charge is 2.14. The van der Waals surface area contributed by atoms with Crippen molar-refractivity contribution in [3.8, 4) is 16.9 Å². The summed E-state index contributed by atoms with van der Waals surface area (Å²) in [6, 6.07) is 12.0. The zero-order chi connectivity index (χ0) is 16.6. The fourth-order valence-corrected chi connectivity index (χ4v) is 3.17. The van der Waals surface area contributed by atoms with E-state index >= 15 is 0 Å². The van der Waals surface area contributed by atoms with Gasteiger partial charge in [-0.1, -0.05) is 0 Å². The predicted octanol–water partition coefficient (Wildman–Crippen LogP) is 3.09. The van der Waals surface area contributed by atoms with Gasteiger partial charge in [-0.3, -0.25) is 0 Å². The van der Waals surface area contributed by atoms with E-state index in [9.17, 15) is 12.8 Å². The zero-order valence-electron chi connectivity index (χ0n) is 11.6. The van der Waals surface area contributed by atoms with Crippen molar-refractivity contribution >= 4 is 26.0 Å². The molecule has 0 unspecified atom stereocenters. The quantitative estimate of drug-likeness (QED) is 0.739. The average Bonchev–Trinajstić information content (AvgIpc) is 2.89. The fourth-order valence-electron chi connectivity index (χ4n) is 2.17. The summed E-state index contributed by atoms with van der Waals surface area (Å²) < 4.78 is 38.1. The first-order chi connectivity index (χ1) is 10.9. The van der Waals surface area contributed by atoms with Gasteiger partial charge in [0.2, 0.25) is 10.0 Å². The van der Waals surface area contributed by atoms with E-state index in [1.54, 1.807) is 35.1 Å². The Balaban J connectivity index is 2.10. The van der Waals surface area contributed by atoms with Gasteiger partial charge in [0.25, 0.3) is 0 Å². The van der Waals surface area contributed by atoms with E-state index in [2.05, 4.69) is 21.0 Å². The Kier molecular flexibility index (Phi) is 4.05. The standard InChI is InChI=1S/C15H11BrFN3O2S/c16-14-9-19-20(15(14)10-1-3-11(17)4-2-10)12-5-7-13(8-6-12)23(18,21)22/h1-9H,(H2,18,21,22). The molecule has 0 aliphatic carbocycles. The highest BCUT2D eigenvalue weighted by atomic mass is 79.9. The molecule has 23 heavy (non-hydrogen) atoms. The summed E-state index contributed by atoms with van der Waals surface area (Å²) in [7, 11) is -3.74. The van der Waals surface area contributed by atoms with Gasteiger partial charge in [0, 0.05) is 5.56 Å². The maximum absolute atomic E-state index is 13.1. The Morgan fingerprint density at radius 1 is 1.04 bits per heavy atom. The molecule has 8 heteroatoms. The summed E-state index contributed by atoms with van der Waals surface area (Å²) in [4.78, 5) is 0.0239. The first-order valence-electron chi connectivity index (χ1n) is 6.49. The predicted molar refractivity (Wildman–Crippen MR) is 88.0 cm³/mol. The molecule has 3 rings (SSSR count). The van der Waals surface area contributed by atoms with Gasteiger partial charge >= 0.3 is 0 Å². The number of benzene rings is 2. The molecule has 0 saturated heterocycles. The number of nitrogens with two attached hydrogens (primary N) is 1. The average molecular weight is 396 g/mol. The number of primary sulfonamides is 1. The minimum atomic E-state index is -3.74. The first kappa shape index (κ1) is 15.9. The van der Waals surface area contributed by atoms with E-state index in [4.69, 9.17) is 5.14 Å². The van der Waals surface area contributed by atoms with Crippen LogP contribution in [0.25, 0.3) is 16.9 Å². The lowest BCUT2D eigenvalue weighted by Gasteiger charge is -2.09. The number of hydrogen-bond acceptors (Lipinski definition) is 3. The fraction of sp³-hybridized carbons (Fsp3) is 0. The van der Waals surface area contributed by atoms with Crippen LogP contribution in [0.15, 0.2) is 64.1 Å². The van der Waals surface area contributed by atoms with Crippen LogP contribution >= 0.6 is 15.9 Å². The lowest BCUT2D eigenvalue weighted by atomic mass is 10.1. The highest BCUT2D eigenvalue weighted by Crippen LogP contribution is 2.30. The van der Waals surface area contributed by atoms with Crippen LogP contribution in [0.1, 0.15) is 0 Å². The van der Waals surface area contributed by atoms with Gasteiger partial charge in [-0.25, -0.2) is 22.6 Å². The molecule has 1 heterocycles. The third-order valence-corrected chi connectivity index (χ3v) is 4.76. The molecule has 1 aromatic heterocycles. The maximum Gasteiger partial charge on any atom is 0.238 e. The van der Waals surface area contributed by atoms with Crippen molar-refractivity contribution in [2.24, 2.45) is 5.14 Å². The monoisotopic (exact) mass is 395 g/mol. The Morgan fingerprint density at radius 3 is 2.22 bits per heavy atom. The van der Waals surface area contributed by atoms with E-state index in [1.807, 2.05) is 0 Å². The van der Waals surface area contributed by atoms with Gasteiger partial charge in [-0.05, 0) is 64.5 Å². The van der Waals surface area contributed by atoms with Crippen LogP contribution in [-0.4, -0.2) is 18.2 Å². The minimum Gasteiger partial charge on any atom is -0.232 e. The van der Waals surface area contributed by atoms with Crippen molar-refractivity contribution in [3.63, 3.8) is 0 Å². The van der Waals surface area contributed by atoms with Gasteiger partial charge < -0.3 is 0 Å². The van der Waals surface area contributed by atoms with Crippen molar-refractivity contribution in [2.45, 2.75) is 4.90 Å². The largest absolute Gasteiger partial charge is 0.238 e. The van der Waals surface area contributed by atoms with Crippen LogP contribution in [0.5, 0.6) is 0 Å². The number of halogens is 2. The van der Waals surface area contributed by atoms with E-state index in [1.165, 1.54) is 24.3 Å². The van der Waals surface area contributed by atoms with Crippen LogP contribution in [0.3, 0.4) is 0 Å². The zero-order valence-corrected chi connectivity index (χ0v) is 14.1. The molecule has 0 amide bonds. The third kappa shape index (κ3) is 3.19. The Bertz CT molecular complexity index is 951. The van der Waals surface area contributed by atoms with E-state index in [-0.39, 0.29) is 10.7 Å². The van der Waals surface area contributed by atoms with Gasteiger partial charge in [0.1, 0.15) is 5.82 Å². The van der Waals surface area contributed by atoms with Crippen LogP contribution < -0.4 is 5.14 Å². The highest BCUT2D eigenvalue weighted by molar-refractivity contribution is 9.10. The number of rotatable bonds is 3. The van der Waals surface area contributed by atoms with Crippen molar-refractivity contribution < 1.29 is 12.8 Å². The summed E-state index contributed by atoms with van der Waals surface area (Å²) in [6.45, 7) is 0. The lowest BCUT2D eigenvalue weighted by molar-refractivity contribution is 0.597. The van der Waals surface area contributed by atoms with Crippen molar-refractivity contribution in [1.29, 1.82) is 0 Å².